The van der Waals surface area contributed by atoms with Crippen molar-refractivity contribution in [3.8, 4) is 16.8 Å². The zero-order chi connectivity index (χ0) is 27.1. The molecule has 196 valence electrons. The number of aromatic nitrogens is 5. The van der Waals surface area contributed by atoms with Crippen molar-refractivity contribution >= 4 is 40.5 Å². The van der Waals surface area contributed by atoms with Gasteiger partial charge in [-0.2, -0.15) is 4.68 Å². The van der Waals surface area contributed by atoms with Crippen LogP contribution in [0.2, 0.25) is 5.02 Å². The van der Waals surface area contributed by atoms with Crippen molar-refractivity contribution in [1.29, 1.82) is 0 Å². The van der Waals surface area contributed by atoms with E-state index in [1.807, 2.05) is 47.0 Å². The molecule has 2 aliphatic rings. The van der Waals surface area contributed by atoms with Crippen LogP contribution in [-0.4, -0.2) is 43.6 Å². The van der Waals surface area contributed by atoms with Crippen molar-refractivity contribution in [3.05, 3.63) is 98.3 Å². The van der Waals surface area contributed by atoms with E-state index in [1.165, 1.54) is 13.4 Å². The summed E-state index contributed by atoms with van der Waals surface area (Å²) < 4.78 is 8.10. The monoisotopic (exact) mass is 560 g/mol. The smallest absolute Gasteiger partial charge is 0.309 e. The van der Waals surface area contributed by atoms with Gasteiger partial charge < -0.3 is 9.30 Å². The van der Waals surface area contributed by atoms with E-state index >= 15 is 0 Å². The van der Waals surface area contributed by atoms with E-state index in [-0.39, 0.29) is 24.0 Å². The van der Waals surface area contributed by atoms with Crippen LogP contribution < -0.4 is 5.56 Å². The van der Waals surface area contributed by atoms with Crippen LogP contribution in [0.1, 0.15) is 35.7 Å². The molecule has 11 heteroatoms. The zero-order valence-corrected chi connectivity index (χ0v) is 22.4. The molecule has 0 aliphatic carbocycles. The van der Waals surface area contributed by atoms with Crippen LogP contribution in [0.4, 0.5) is 0 Å². The van der Waals surface area contributed by atoms with Crippen LogP contribution >= 0.6 is 23.2 Å². The summed E-state index contributed by atoms with van der Waals surface area (Å²) in [5.41, 5.74) is 6.59. The summed E-state index contributed by atoms with van der Waals surface area (Å²) in [6.07, 6.45) is 3.74. The minimum absolute atomic E-state index is 0.118. The predicted molar refractivity (Wildman–Crippen MR) is 148 cm³/mol. The van der Waals surface area contributed by atoms with E-state index in [1.54, 1.807) is 16.8 Å². The summed E-state index contributed by atoms with van der Waals surface area (Å²) in [5, 5.41) is 12.4. The number of esters is 1. The third-order valence-electron chi connectivity index (χ3n) is 7.11. The van der Waals surface area contributed by atoms with Crippen molar-refractivity contribution < 1.29 is 9.53 Å². The summed E-state index contributed by atoms with van der Waals surface area (Å²) in [6, 6.07) is 16.5. The highest BCUT2D eigenvalue weighted by atomic mass is 35.5. The van der Waals surface area contributed by atoms with Crippen molar-refractivity contribution in [1.82, 2.24) is 24.8 Å². The fraction of sp³-hybridized carbons (Fsp3) is 0.214. The number of nitrogens with zero attached hydrogens (tertiary/aromatic N) is 6. The quantitative estimate of drug-likeness (QED) is 0.248. The number of pyridine rings is 1. The average molecular weight is 561 g/mol. The summed E-state index contributed by atoms with van der Waals surface area (Å²) in [5.74, 6) is -0.290. The number of hydrogen-bond acceptors (Lipinski definition) is 7. The van der Waals surface area contributed by atoms with Gasteiger partial charge in [0.1, 0.15) is 11.5 Å². The third kappa shape index (κ3) is 4.79. The van der Waals surface area contributed by atoms with Crippen LogP contribution in [0.3, 0.4) is 0 Å². The number of hydrogen-bond donors (Lipinski definition) is 0. The number of ether oxygens (including phenoxy) is 1. The summed E-state index contributed by atoms with van der Waals surface area (Å²) >= 11 is 12.9. The minimum atomic E-state index is -0.290. The summed E-state index contributed by atoms with van der Waals surface area (Å²) in [6.45, 7) is 0. The molecule has 0 saturated carbocycles. The molecule has 1 atom stereocenters. The molecule has 2 aromatic heterocycles. The molecule has 0 amide bonds. The van der Waals surface area contributed by atoms with Crippen LogP contribution in [0, 0.1) is 0 Å². The zero-order valence-electron chi connectivity index (χ0n) is 20.8. The maximum absolute atomic E-state index is 13.5. The van der Waals surface area contributed by atoms with Crippen molar-refractivity contribution in [2.45, 2.75) is 31.7 Å². The molecule has 1 unspecified atom stereocenters. The van der Waals surface area contributed by atoms with Gasteiger partial charge in [-0.05, 0) is 64.2 Å². The minimum Gasteiger partial charge on any atom is -0.469 e. The second kappa shape index (κ2) is 10.2. The third-order valence-corrected chi connectivity index (χ3v) is 7.66. The molecular weight excluding hydrogens is 539 g/mol. The SMILES string of the molecule is COC(=O)Cc1ccc(C2=C(Cl)N=C(C3CCc4cc(-c5cc(Cl)ccc5-n5cnnn5)cc(=O)n43)C2)cc1. The van der Waals surface area contributed by atoms with E-state index in [9.17, 15) is 9.59 Å². The first-order valence-electron chi connectivity index (χ1n) is 12.3. The lowest BCUT2D eigenvalue weighted by Crippen LogP contribution is -2.27. The Morgan fingerprint density at radius 2 is 1.90 bits per heavy atom. The van der Waals surface area contributed by atoms with E-state index in [0.29, 0.717) is 16.6 Å². The normalized spacial score (nSPS) is 16.4. The Morgan fingerprint density at radius 3 is 2.64 bits per heavy atom. The maximum Gasteiger partial charge on any atom is 0.309 e. The van der Waals surface area contributed by atoms with Gasteiger partial charge >= 0.3 is 5.97 Å². The molecule has 0 bridgehead atoms. The number of carbonyl (C=O) groups is 1. The van der Waals surface area contributed by atoms with Crippen molar-refractivity contribution in [2.75, 3.05) is 7.11 Å². The van der Waals surface area contributed by atoms with Crippen LogP contribution in [0.15, 0.2) is 75.9 Å². The number of methoxy groups -OCH3 is 1. The molecule has 0 saturated heterocycles. The molecule has 6 rings (SSSR count). The topological polar surface area (TPSA) is 104 Å². The Morgan fingerprint density at radius 1 is 1.08 bits per heavy atom. The fourth-order valence-corrected chi connectivity index (χ4v) is 5.70. The molecule has 0 N–H and O–H groups in total. The predicted octanol–water partition coefficient (Wildman–Crippen LogP) is 4.80. The second-order valence-electron chi connectivity index (χ2n) is 9.41. The second-order valence-corrected chi connectivity index (χ2v) is 10.2. The van der Waals surface area contributed by atoms with Gasteiger partial charge in [0.25, 0.3) is 5.56 Å². The van der Waals surface area contributed by atoms with Crippen LogP contribution in [0.25, 0.3) is 22.4 Å². The number of carbonyl (C=O) groups excluding carboxylic acids is 1. The van der Waals surface area contributed by atoms with E-state index in [0.717, 1.165) is 57.8 Å². The lowest BCUT2D eigenvalue weighted by Gasteiger charge is -2.17. The molecule has 0 radical (unpaired) electrons. The lowest BCUT2D eigenvalue weighted by molar-refractivity contribution is -0.139. The molecule has 4 aromatic rings. The van der Waals surface area contributed by atoms with Gasteiger partial charge in [0, 0.05) is 40.1 Å². The number of aryl methyl sites for hydroxylation is 1. The molecular formula is C28H22Cl2N6O3. The lowest BCUT2D eigenvalue weighted by atomic mass is 9.97. The van der Waals surface area contributed by atoms with Gasteiger partial charge in [-0.15, -0.1) is 5.10 Å². The largest absolute Gasteiger partial charge is 0.469 e. The van der Waals surface area contributed by atoms with Crippen molar-refractivity contribution in [3.63, 3.8) is 0 Å². The van der Waals surface area contributed by atoms with E-state index in [4.69, 9.17) is 27.9 Å². The van der Waals surface area contributed by atoms with Gasteiger partial charge in [0.05, 0.1) is 25.3 Å². The Kier molecular flexibility index (Phi) is 6.62. The molecule has 2 aromatic carbocycles. The Labute approximate surface area is 233 Å². The highest BCUT2D eigenvalue weighted by Crippen LogP contribution is 2.39. The number of rotatable bonds is 6. The van der Waals surface area contributed by atoms with Gasteiger partial charge in [-0.1, -0.05) is 47.5 Å². The van der Waals surface area contributed by atoms with E-state index < -0.39 is 0 Å². The Hall–Kier alpha value is -4.08. The average Bonchev–Trinajstić information content (AvgIpc) is 3.69. The Bertz CT molecular complexity index is 1710. The van der Waals surface area contributed by atoms with Gasteiger partial charge in [-0.25, -0.2) is 4.99 Å². The number of halogens is 2. The number of benzene rings is 2. The molecule has 9 nitrogen and oxygen atoms in total. The fourth-order valence-electron chi connectivity index (χ4n) is 5.24. The molecule has 0 spiro atoms. The number of allylic oxidation sites excluding steroid dienone is 1. The first-order valence-corrected chi connectivity index (χ1v) is 13.1. The summed E-state index contributed by atoms with van der Waals surface area (Å²) in [7, 11) is 1.37. The molecule has 0 fully saturated rings. The highest BCUT2D eigenvalue weighted by molar-refractivity contribution is 6.35. The Balaban J connectivity index is 1.27. The standard InChI is InChI=1S/C28H22Cl2N6O3/c1-39-27(38)10-16-2-4-17(5-3-16)22-14-23(32-28(22)30)25-9-7-20-11-18(12-26(37)36(20)25)21-13-19(29)6-8-24(21)35-15-31-33-34-35/h2-6,8,11-13,15,25H,7,9-10,14H2,1H3. The van der Waals surface area contributed by atoms with E-state index in [2.05, 4.69) is 20.5 Å². The maximum atomic E-state index is 13.5. The van der Waals surface area contributed by atoms with Crippen LogP contribution in [-0.2, 0) is 22.4 Å². The number of fused-ring (bicyclic) bond motifs is 1. The first-order chi connectivity index (χ1) is 18.9. The van der Waals surface area contributed by atoms with Gasteiger partial charge in [0.2, 0.25) is 0 Å². The molecule has 4 heterocycles. The van der Waals surface area contributed by atoms with Gasteiger partial charge in [-0.3, -0.25) is 9.59 Å². The summed E-state index contributed by atoms with van der Waals surface area (Å²) in [4.78, 5) is 29.7. The number of tetrazole rings is 1. The van der Waals surface area contributed by atoms with Crippen LogP contribution in [0.5, 0.6) is 0 Å². The first kappa shape index (κ1) is 25.2. The van der Waals surface area contributed by atoms with Crippen molar-refractivity contribution in [2.24, 2.45) is 4.99 Å². The molecule has 2 aliphatic heterocycles. The number of aliphatic imine (C=N–C) groups is 1. The highest BCUT2D eigenvalue weighted by Gasteiger charge is 2.32. The molecule has 39 heavy (non-hydrogen) atoms. The van der Waals surface area contributed by atoms with Gasteiger partial charge in [0.15, 0.2) is 0 Å².